The lowest BCUT2D eigenvalue weighted by atomic mass is 10.1. The van der Waals surface area contributed by atoms with Crippen LogP contribution in [0, 0.1) is 0 Å². The fraction of sp³-hybridized carbons (Fsp3) is 0.529. The molecule has 0 atom stereocenters. The fourth-order valence-corrected chi connectivity index (χ4v) is 3.96. The highest BCUT2D eigenvalue weighted by Gasteiger charge is 2.31. The van der Waals surface area contributed by atoms with Crippen molar-refractivity contribution in [3.05, 3.63) is 29.8 Å². The molecule has 0 bridgehead atoms. The molecule has 1 fully saturated rings. The molecular formula is C17H25N3O4S. The number of carbonyl (C=O) groups excluding carboxylic acids is 2. The van der Waals surface area contributed by atoms with Crippen molar-refractivity contribution in [2.45, 2.75) is 38.1 Å². The van der Waals surface area contributed by atoms with Gasteiger partial charge in [0.2, 0.25) is 10.0 Å². The number of carbonyl (C=O) groups is 2. The molecule has 2 amide bonds. The summed E-state index contributed by atoms with van der Waals surface area (Å²) in [5.41, 5.74) is 0.140. The molecule has 1 N–H and O–H groups in total. The summed E-state index contributed by atoms with van der Waals surface area (Å²) in [4.78, 5) is 25.2. The van der Waals surface area contributed by atoms with Crippen molar-refractivity contribution in [1.29, 1.82) is 0 Å². The summed E-state index contributed by atoms with van der Waals surface area (Å²) in [6, 6.07) is 5.75. The van der Waals surface area contributed by atoms with Crippen LogP contribution >= 0.6 is 0 Å². The highest BCUT2D eigenvalue weighted by Crippen LogP contribution is 2.18. The van der Waals surface area contributed by atoms with Gasteiger partial charge in [-0.05, 0) is 39.8 Å². The second-order valence-corrected chi connectivity index (χ2v) is 9.09. The second kappa shape index (κ2) is 7.13. The molecule has 0 aromatic heterocycles. The van der Waals surface area contributed by atoms with Crippen LogP contribution in [0.15, 0.2) is 29.2 Å². The van der Waals surface area contributed by atoms with Crippen LogP contribution in [-0.4, -0.2) is 61.2 Å². The first-order valence-electron chi connectivity index (χ1n) is 8.19. The molecule has 1 aliphatic rings. The van der Waals surface area contributed by atoms with E-state index in [4.69, 9.17) is 0 Å². The first-order chi connectivity index (χ1) is 11.5. The van der Waals surface area contributed by atoms with E-state index in [0.29, 0.717) is 18.7 Å². The third-order valence-electron chi connectivity index (χ3n) is 3.91. The summed E-state index contributed by atoms with van der Waals surface area (Å²) in [6.45, 7) is 8.30. The minimum Gasteiger partial charge on any atom is -0.333 e. The number of nitrogens with zero attached hydrogens (tertiary/aromatic N) is 2. The SMILES string of the molecule is CC(=O)c1ccc(S(=O)(=O)N2CCN(C(=O)NC(C)(C)C)CC2)cc1. The van der Waals surface area contributed by atoms with Crippen molar-refractivity contribution in [2.24, 2.45) is 0 Å². The van der Waals surface area contributed by atoms with Crippen molar-refractivity contribution in [1.82, 2.24) is 14.5 Å². The molecule has 0 spiro atoms. The molecule has 2 rings (SSSR count). The highest BCUT2D eigenvalue weighted by molar-refractivity contribution is 7.89. The summed E-state index contributed by atoms with van der Waals surface area (Å²) in [5, 5.41) is 2.88. The Morgan fingerprint density at radius 2 is 1.52 bits per heavy atom. The number of amides is 2. The third kappa shape index (κ3) is 4.79. The minimum atomic E-state index is -3.63. The Morgan fingerprint density at radius 3 is 1.96 bits per heavy atom. The third-order valence-corrected chi connectivity index (χ3v) is 5.82. The standard InChI is InChI=1S/C17H25N3O4S/c1-13(21)14-5-7-15(8-6-14)25(23,24)20-11-9-19(10-12-20)16(22)18-17(2,3)4/h5-8H,9-12H2,1-4H3,(H,18,22). The Hall–Kier alpha value is -1.93. The summed E-state index contributed by atoms with van der Waals surface area (Å²) < 4.78 is 26.8. The zero-order valence-electron chi connectivity index (χ0n) is 15.1. The van der Waals surface area contributed by atoms with Crippen LogP contribution in [0.1, 0.15) is 38.1 Å². The smallest absolute Gasteiger partial charge is 0.317 e. The van der Waals surface area contributed by atoms with Gasteiger partial charge in [-0.15, -0.1) is 0 Å². The summed E-state index contributed by atoms with van der Waals surface area (Å²) in [7, 11) is -3.63. The fourth-order valence-electron chi connectivity index (χ4n) is 2.54. The number of ketones is 1. The Balaban J connectivity index is 2.03. The number of sulfonamides is 1. The van der Waals surface area contributed by atoms with Crippen LogP contribution < -0.4 is 5.32 Å². The molecule has 1 aliphatic heterocycles. The molecule has 0 aliphatic carbocycles. The zero-order chi connectivity index (χ0) is 18.8. The Bertz CT molecular complexity index is 743. The zero-order valence-corrected chi connectivity index (χ0v) is 15.9. The van der Waals surface area contributed by atoms with Gasteiger partial charge in [0, 0.05) is 37.3 Å². The van der Waals surface area contributed by atoms with Gasteiger partial charge in [-0.3, -0.25) is 4.79 Å². The molecule has 1 aromatic rings. The highest BCUT2D eigenvalue weighted by atomic mass is 32.2. The topological polar surface area (TPSA) is 86.8 Å². The molecule has 1 heterocycles. The average molecular weight is 367 g/mol. The van der Waals surface area contributed by atoms with Gasteiger partial charge in [0.1, 0.15) is 0 Å². The van der Waals surface area contributed by atoms with Gasteiger partial charge in [0.25, 0.3) is 0 Å². The van der Waals surface area contributed by atoms with E-state index in [1.807, 2.05) is 20.8 Å². The average Bonchev–Trinajstić information content (AvgIpc) is 2.53. The molecular weight excluding hydrogens is 342 g/mol. The van der Waals surface area contributed by atoms with E-state index >= 15 is 0 Å². The van der Waals surface area contributed by atoms with Gasteiger partial charge in [-0.1, -0.05) is 12.1 Å². The van der Waals surface area contributed by atoms with Gasteiger partial charge < -0.3 is 10.2 Å². The predicted molar refractivity (Wildman–Crippen MR) is 95.1 cm³/mol. The van der Waals surface area contributed by atoms with Crippen LogP contribution in [0.5, 0.6) is 0 Å². The van der Waals surface area contributed by atoms with Crippen molar-refractivity contribution in [3.8, 4) is 0 Å². The van der Waals surface area contributed by atoms with E-state index in [1.165, 1.54) is 35.5 Å². The quantitative estimate of drug-likeness (QED) is 0.824. The van der Waals surface area contributed by atoms with Crippen LogP contribution in [0.4, 0.5) is 4.79 Å². The normalized spacial score (nSPS) is 16.6. The number of hydrogen-bond donors (Lipinski definition) is 1. The predicted octanol–water partition coefficient (Wildman–Crippen LogP) is 1.70. The first kappa shape index (κ1) is 19.4. The maximum atomic E-state index is 12.7. The number of urea groups is 1. The largest absolute Gasteiger partial charge is 0.333 e. The Labute approximate surface area is 149 Å². The monoisotopic (exact) mass is 367 g/mol. The van der Waals surface area contributed by atoms with Crippen LogP contribution in [-0.2, 0) is 10.0 Å². The number of nitrogens with one attached hydrogen (secondary N) is 1. The van der Waals surface area contributed by atoms with Gasteiger partial charge in [0.15, 0.2) is 5.78 Å². The van der Waals surface area contributed by atoms with E-state index in [1.54, 1.807) is 4.90 Å². The van der Waals surface area contributed by atoms with Crippen molar-refractivity contribution >= 4 is 21.8 Å². The number of hydrogen-bond acceptors (Lipinski definition) is 4. The van der Waals surface area contributed by atoms with Crippen LogP contribution in [0.3, 0.4) is 0 Å². The number of Topliss-reactive ketones (excluding diaryl/α,β-unsaturated/α-hetero) is 1. The van der Waals surface area contributed by atoms with Gasteiger partial charge >= 0.3 is 6.03 Å². The lowest BCUT2D eigenvalue weighted by Crippen LogP contribution is -2.55. The second-order valence-electron chi connectivity index (χ2n) is 7.15. The van der Waals surface area contributed by atoms with E-state index in [9.17, 15) is 18.0 Å². The van der Waals surface area contributed by atoms with Gasteiger partial charge in [0.05, 0.1) is 4.90 Å². The molecule has 0 radical (unpaired) electrons. The van der Waals surface area contributed by atoms with Crippen molar-refractivity contribution < 1.29 is 18.0 Å². The van der Waals surface area contributed by atoms with Crippen LogP contribution in [0.25, 0.3) is 0 Å². The number of rotatable bonds is 3. The molecule has 1 aromatic carbocycles. The molecule has 0 unspecified atom stereocenters. The van der Waals surface area contributed by atoms with Gasteiger partial charge in [-0.25, -0.2) is 13.2 Å². The molecule has 8 heteroatoms. The maximum absolute atomic E-state index is 12.7. The molecule has 1 saturated heterocycles. The maximum Gasteiger partial charge on any atom is 0.317 e. The summed E-state index contributed by atoms with van der Waals surface area (Å²) in [6.07, 6.45) is 0. The summed E-state index contributed by atoms with van der Waals surface area (Å²) in [5.74, 6) is -0.109. The summed E-state index contributed by atoms with van der Waals surface area (Å²) >= 11 is 0. The Kier molecular flexibility index (Phi) is 5.53. The van der Waals surface area contributed by atoms with Crippen molar-refractivity contribution in [2.75, 3.05) is 26.2 Å². The first-order valence-corrected chi connectivity index (χ1v) is 9.63. The van der Waals surface area contributed by atoms with Crippen LogP contribution in [0.2, 0.25) is 0 Å². The molecule has 7 nitrogen and oxygen atoms in total. The number of benzene rings is 1. The van der Waals surface area contributed by atoms with E-state index in [0.717, 1.165) is 0 Å². The Morgan fingerprint density at radius 1 is 1.00 bits per heavy atom. The molecule has 138 valence electrons. The number of piperazine rings is 1. The van der Waals surface area contributed by atoms with E-state index in [-0.39, 0.29) is 35.3 Å². The minimum absolute atomic E-state index is 0.109. The van der Waals surface area contributed by atoms with E-state index < -0.39 is 10.0 Å². The molecule has 0 saturated carbocycles. The lowest BCUT2D eigenvalue weighted by molar-refractivity contribution is 0.101. The molecule has 25 heavy (non-hydrogen) atoms. The van der Waals surface area contributed by atoms with Crippen molar-refractivity contribution in [3.63, 3.8) is 0 Å². The lowest BCUT2D eigenvalue weighted by Gasteiger charge is -2.35. The van der Waals surface area contributed by atoms with Gasteiger partial charge in [-0.2, -0.15) is 4.31 Å². The van der Waals surface area contributed by atoms with E-state index in [2.05, 4.69) is 5.32 Å².